The van der Waals surface area contributed by atoms with Crippen molar-refractivity contribution in [3.63, 3.8) is 0 Å². The Hall–Kier alpha value is -2.92. The van der Waals surface area contributed by atoms with Crippen molar-refractivity contribution in [2.45, 2.75) is 13.8 Å². The molecule has 2 heterocycles. The number of pyridine rings is 1. The number of aryl methyl sites for hydroxylation is 2. The van der Waals surface area contributed by atoms with E-state index in [2.05, 4.69) is 21.2 Å². The van der Waals surface area contributed by atoms with Crippen molar-refractivity contribution in [1.82, 2.24) is 9.38 Å². The summed E-state index contributed by atoms with van der Waals surface area (Å²) in [6.45, 7) is 4.04. The van der Waals surface area contributed by atoms with Gasteiger partial charge in [0.05, 0.1) is 5.69 Å². The van der Waals surface area contributed by atoms with Gasteiger partial charge in [-0.15, -0.1) is 0 Å². The largest absolute Gasteiger partial charge is 0.320 e. The van der Waals surface area contributed by atoms with Crippen LogP contribution in [0.3, 0.4) is 0 Å². The molecule has 27 heavy (non-hydrogen) atoms. The van der Waals surface area contributed by atoms with Crippen molar-refractivity contribution >= 4 is 33.2 Å². The molecule has 0 saturated heterocycles. The Morgan fingerprint density at radius 2 is 1.67 bits per heavy atom. The highest BCUT2D eigenvalue weighted by molar-refractivity contribution is 9.10. The van der Waals surface area contributed by atoms with Gasteiger partial charge in [0.1, 0.15) is 17.0 Å². The van der Waals surface area contributed by atoms with Gasteiger partial charge in [-0.2, -0.15) is 0 Å². The summed E-state index contributed by atoms with van der Waals surface area (Å²) in [6.07, 6.45) is 1.94. The van der Waals surface area contributed by atoms with Crippen LogP contribution in [0.5, 0.6) is 0 Å². The van der Waals surface area contributed by atoms with Crippen LogP contribution in [0.2, 0.25) is 0 Å². The number of imidazole rings is 1. The molecule has 4 rings (SSSR count). The summed E-state index contributed by atoms with van der Waals surface area (Å²) in [6, 6.07) is 19.5. The fourth-order valence-corrected chi connectivity index (χ4v) is 3.41. The van der Waals surface area contributed by atoms with E-state index in [0.29, 0.717) is 11.4 Å². The molecule has 0 saturated carbocycles. The van der Waals surface area contributed by atoms with E-state index in [-0.39, 0.29) is 5.91 Å². The first-order valence-corrected chi connectivity index (χ1v) is 9.44. The van der Waals surface area contributed by atoms with Gasteiger partial charge in [-0.05, 0) is 53.5 Å². The zero-order chi connectivity index (χ0) is 19.0. The molecule has 4 aromatic rings. The number of benzene rings is 2. The van der Waals surface area contributed by atoms with Crippen LogP contribution in [0.15, 0.2) is 71.3 Å². The first-order chi connectivity index (χ1) is 13.0. The summed E-state index contributed by atoms with van der Waals surface area (Å²) in [5.41, 5.74) is 5.80. The number of aromatic nitrogens is 2. The Kier molecular flexibility index (Phi) is 4.54. The molecule has 0 spiro atoms. The highest BCUT2D eigenvalue weighted by Crippen LogP contribution is 2.28. The molecule has 0 unspecified atom stereocenters. The Morgan fingerprint density at radius 1 is 0.963 bits per heavy atom. The summed E-state index contributed by atoms with van der Waals surface area (Å²) in [7, 11) is 0. The van der Waals surface area contributed by atoms with Crippen molar-refractivity contribution < 1.29 is 4.79 Å². The molecule has 1 amide bonds. The SMILES string of the molecule is Cc1ccc(-c2nc3ccc(C)cn3c2C(=O)Nc2ccccc2Br)cc1. The topological polar surface area (TPSA) is 46.4 Å². The standard InChI is InChI=1S/C22H18BrN3O/c1-14-7-10-16(11-8-14)20-21(26-13-15(2)9-12-19(26)25-20)22(27)24-18-6-4-3-5-17(18)23/h3-13H,1-2H3,(H,24,27). The molecule has 4 nitrogen and oxygen atoms in total. The van der Waals surface area contributed by atoms with E-state index in [0.717, 1.165) is 32.5 Å². The Balaban J connectivity index is 1.87. The number of hydrogen-bond acceptors (Lipinski definition) is 2. The van der Waals surface area contributed by atoms with Crippen LogP contribution in [-0.4, -0.2) is 15.3 Å². The molecule has 0 bridgehead atoms. The second-order valence-electron chi connectivity index (χ2n) is 6.54. The summed E-state index contributed by atoms with van der Waals surface area (Å²) in [4.78, 5) is 18.0. The predicted octanol–water partition coefficient (Wildman–Crippen LogP) is 5.63. The van der Waals surface area contributed by atoms with Gasteiger partial charge in [-0.25, -0.2) is 4.98 Å². The van der Waals surface area contributed by atoms with Gasteiger partial charge in [0.25, 0.3) is 5.91 Å². The summed E-state index contributed by atoms with van der Waals surface area (Å²) in [5.74, 6) is -0.199. The number of nitrogens with zero attached hydrogens (tertiary/aromatic N) is 2. The first-order valence-electron chi connectivity index (χ1n) is 8.64. The molecule has 1 N–H and O–H groups in total. The van der Waals surface area contributed by atoms with E-state index in [4.69, 9.17) is 4.98 Å². The molecule has 0 aliphatic carbocycles. The predicted molar refractivity (Wildman–Crippen MR) is 112 cm³/mol. The number of nitrogens with one attached hydrogen (secondary N) is 1. The average molecular weight is 420 g/mol. The van der Waals surface area contributed by atoms with Crippen LogP contribution in [-0.2, 0) is 0 Å². The number of hydrogen-bond donors (Lipinski definition) is 1. The van der Waals surface area contributed by atoms with Gasteiger partial charge >= 0.3 is 0 Å². The van der Waals surface area contributed by atoms with Gasteiger partial charge < -0.3 is 5.32 Å². The minimum absolute atomic E-state index is 0.199. The summed E-state index contributed by atoms with van der Waals surface area (Å²) in [5, 5.41) is 3.00. The Labute approximate surface area is 166 Å². The van der Waals surface area contributed by atoms with Crippen LogP contribution >= 0.6 is 15.9 Å². The third-order valence-electron chi connectivity index (χ3n) is 4.43. The van der Waals surface area contributed by atoms with Crippen molar-refractivity contribution in [3.05, 3.63) is 88.2 Å². The van der Waals surface area contributed by atoms with Crippen molar-refractivity contribution in [1.29, 1.82) is 0 Å². The number of halogens is 1. The average Bonchev–Trinajstić information content (AvgIpc) is 3.03. The number of anilines is 1. The van der Waals surface area contributed by atoms with E-state index in [1.54, 1.807) is 0 Å². The number of fused-ring (bicyclic) bond motifs is 1. The number of amides is 1. The Morgan fingerprint density at radius 3 is 2.41 bits per heavy atom. The zero-order valence-corrected chi connectivity index (χ0v) is 16.6. The Bertz CT molecular complexity index is 1150. The third-order valence-corrected chi connectivity index (χ3v) is 5.12. The molecule has 5 heteroatoms. The smallest absolute Gasteiger partial charge is 0.275 e. The number of carbonyl (C=O) groups excluding carboxylic acids is 1. The molecular formula is C22H18BrN3O. The lowest BCUT2D eigenvalue weighted by Gasteiger charge is -2.09. The van der Waals surface area contributed by atoms with Crippen LogP contribution in [0.25, 0.3) is 16.9 Å². The molecule has 0 aliphatic rings. The highest BCUT2D eigenvalue weighted by atomic mass is 79.9. The molecule has 2 aromatic heterocycles. The van der Waals surface area contributed by atoms with E-state index in [1.165, 1.54) is 0 Å². The molecule has 0 atom stereocenters. The van der Waals surface area contributed by atoms with Crippen LogP contribution in [0.4, 0.5) is 5.69 Å². The second-order valence-corrected chi connectivity index (χ2v) is 7.40. The molecule has 0 radical (unpaired) electrons. The first kappa shape index (κ1) is 17.5. The number of carbonyl (C=O) groups is 1. The maximum Gasteiger partial charge on any atom is 0.275 e. The van der Waals surface area contributed by atoms with Crippen LogP contribution in [0, 0.1) is 13.8 Å². The quantitative estimate of drug-likeness (QED) is 0.467. The minimum Gasteiger partial charge on any atom is -0.320 e. The van der Waals surface area contributed by atoms with Crippen molar-refractivity contribution in [2.24, 2.45) is 0 Å². The normalized spacial score (nSPS) is 10.9. The van der Waals surface area contributed by atoms with Crippen molar-refractivity contribution in [2.75, 3.05) is 5.32 Å². The van der Waals surface area contributed by atoms with Gasteiger partial charge in [-0.1, -0.05) is 48.0 Å². The lowest BCUT2D eigenvalue weighted by Crippen LogP contribution is -2.16. The number of para-hydroxylation sites is 1. The van der Waals surface area contributed by atoms with E-state index >= 15 is 0 Å². The lowest BCUT2D eigenvalue weighted by molar-refractivity contribution is 0.102. The van der Waals surface area contributed by atoms with Crippen LogP contribution < -0.4 is 5.32 Å². The molecule has 134 valence electrons. The monoisotopic (exact) mass is 419 g/mol. The van der Waals surface area contributed by atoms with Gasteiger partial charge in [0.15, 0.2) is 0 Å². The zero-order valence-electron chi connectivity index (χ0n) is 15.0. The maximum atomic E-state index is 13.2. The summed E-state index contributed by atoms with van der Waals surface area (Å²) < 4.78 is 2.69. The fourth-order valence-electron chi connectivity index (χ4n) is 3.02. The lowest BCUT2D eigenvalue weighted by atomic mass is 10.1. The highest BCUT2D eigenvalue weighted by Gasteiger charge is 2.21. The third kappa shape index (κ3) is 3.38. The van der Waals surface area contributed by atoms with E-state index < -0.39 is 0 Å². The fraction of sp³-hybridized carbons (Fsp3) is 0.0909. The maximum absolute atomic E-state index is 13.2. The minimum atomic E-state index is -0.199. The second kappa shape index (κ2) is 7.00. The van der Waals surface area contributed by atoms with Gasteiger partial charge in [-0.3, -0.25) is 9.20 Å². The number of rotatable bonds is 3. The molecule has 0 fully saturated rings. The van der Waals surface area contributed by atoms with E-state index in [1.807, 2.05) is 85.1 Å². The van der Waals surface area contributed by atoms with Crippen LogP contribution in [0.1, 0.15) is 21.6 Å². The van der Waals surface area contributed by atoms with Gasteiger partial charge in [0, 0.05) is 16.2 Å². The molecule has 2 aromatic carbocycles. The molecular weight excluding hydrogens is 402 g/mol. The van der Waals surface area contributed by atoms with E-state index in [9.17, 15) is 4.79 Å². The summed E-state index contributed by atoms with van der Waals surface area (Å²) >= 11 is 3.48. The molecule has 0 aliphatic heterocycles. The van der Waals surface area contributed by atoms with Gasteiger partial charge in [0.2, 0.25) is 0 Å². The van der Waals surface area contributed by atoms with Crippen molar-refractivity contribution in [3.8, 4) is 11.3 Å².